The van der Waals surface area contributed by atoms with Crippen LogP contribution in [0.4, 0.5) is 24.5 Å². The third-order valence-corrected chi connectivity index (χ3v) is 4.93. The maximum absolute atomic E-state index is 12.6. The topological polar surface area (TPSA) is 92.4 Å². The van der Waals surface area contributed by atoms with Gasteiger partial charge in [0.15, 0.2) is 0 Å². The number of pyridine rings is 1. The van der Waals surface area contributed by atoms with Crippen LogP contribution in [0.15, 0.2) is 54.0 Å². The average Bonchev–Trinajstić information content (AvgIpc) is 3.21. The van der Waals surface area contributed by atoms with Crippen molar-refractivity contribution in [2.24, 2.45) is 0 Å². The fourth-order valence-electron chi connectivity index (χ4n) is 2.65. The number of thiophene rings is 1. The quantitative estimate of drug-likeness (QED) is 0.500. The van der Waals surface area contributed by atoms with Gasteiger partial charge in [-0.2, -0.15) is 0 Å². The van der Waals surface area contributed by atoms with Gasteiger partial charge in [-0.25, -0.2) is 0 Å². The lowest BCUT2D eigenvalue weighted by atomic mass is 10.1. The Kier molecular flexibility index (Phi) is 6.75. The number of halogens is 3. The van der Waals surface area contributed by atoms with Crippen molar-refractivity contribution < 1.29 is 27.5 Å². The van der Waals surface area contributed by atoms with E-state index in [0.29, 0.717) is 21.8 Å². The normalized spacial score (nSPS) is 11.0. The van der Waals surface area contributed by atoms with Crippen molar-refractivity contribution in [1.82, 2.24) is 10.3 Å². The molecule has 3 N–H and O–H groups in total. The van der Waals surface area contributed by atoms with Gasteiger partial charge in [0.1, 0.15) is 16.3 Å². The largest absolute Gasteiger partial charge is 0.573 e. The van der Waals surface area contributed by atoms with Crippen molar-refractivity contribution in [2.75, 3.05) is 17.7 Å². The molecule has 2 heterocycles. The van der Waals surface area contributed by atoms with E-state index in [4.69, 9.17) is 0 Å². The third-order valence-electron chi connectivity index (χ3n) is 4.02. The maximum atomic E-state index is 12.6. The zero-order valence-corrected chi connectivity index (χ0v) is 16.9. The van der Waals surface area contributed by atoms with Crippen LogP contribution in [0.25, 0.3) is 0 Å². The van der Waals surface area contributed by atoms with Gasteiger partial charge in [-0.1, -0.05) is 6.07 Å². The maximum Gasteiger partial charge on any atom is 0.573 e. The first kappa shape index (κ1) is 22.1. The molecule has 11 heteroatoms. The van der Waals surface area contributed by atoms with Gasteiger partial charge in [-0.15, -0.1) is 24.5 Å². The minimum Gasteiger partial charge on any atom is -0.406 e. The fraction of sp³-hybridized carbons (Fsp3) is 0.150. The molecule has 0 saturated carbocycles. The molecule has 0 saturated heterocycles. The molecule has 0 spiro atoms. The number of anilines is 2. The van der Waals surface area contributed by atoms with Crippen LogP contribution < -0.4 is 20.7 Å². The number of carbonyl (C=O) groups is 2. The summed E-state index contributed by atoms with van der Waals surface area (Å²) in [6, 6.07) is 10.0. The van der Waals surface area contributed by atoms with Crippen molar-refractivity contribution in [3.8, 4) is 5.75 Å². The van der Waals surface area contributed by atoms with Crippen LogP contribution in [0.2, 0.25) is 0 Å². The highest BCUT2D eigenvalue weighted by Gasteiger charge is 2.31. The molecule has 0 aliphatic rings. The Morgan fingerprint density at radius 1 is 1.10 bits per heavy atom. The molecule has 31 heavy (non-hydrogen) atoms. The summed E-state index contributed by atoms with van der Waals surface area (Å²) in [5.41, 5.74) is 1.79. The van der Waals surface area contributed by atoms with Gasteiger partial charge in [0.2, 0.25) is 0 Å². The summed E-state index contributed by atoms with van der Waals surface area (Å²) in [7, 11) is 1.51. The Bertz CT molecular complexity index is 1070. The van der Waals surface area contributed by atoms with E-state index >= 15 is 0 Å². The molecule has 0 atom stereocenters. The number of hydrogen-bond acceptors (Lipinski definition) is 6. The average molecular weight is 450 g/mol. The highest BCUT2D eigenvalue weighted by molar-refractivity contribution is 7.12. The lowest BCUT2D eigenvalue weighted by Crippen LogP contribution is -2.22. The molecule has 3 aromatic rings. The number of carbonyl (C=O) groups excluding carboxylic acids is 2. The summed E-state index contributed by atoms with van der Waals surface area (Å²) >= 11 is 1.20. The van der Waals surface area contributed by atoms with Gasteiger partial charge in [0.25, 0.3) is 11.8 Å². The number of benzene rings is 1. The summed E-state index contributed by atoms with van der Waals surface area (Å²) < 4.78 is 40.5. The summed E-state index contributed by atoms with van der Waals surface area (Å²) in [6.45, 7) is 0.261. The van der Waals surface area contributed by atoms with Crippen molar-refractivity contribution in [3.63, 3.8) is 0 Å². The monoisotopic (exact) mass is 450 g/mol. The number of amides is 2. The van der Waals surface area contributed by atoms with E-state index in [1.807, 2.05) is 0 Å². The van der Waals surface area contributed by atoms with Crippen LogP contribution in [0.1, 0.15) is 25.7 Å². The molecular formula is C20H17F3N4O3S. The number of nitrogens with one attached hydrogen (secondary N) is 3. The van der Waals surface area contributed by atoms with Gasteiger partial charge in [0, 0.05) is 31.0 Å². The van der Waals surface area contributed by atoms with Crippen molar-refractivity contribution in [3.05, 3.63) is 70.2 Å². The number of aromatic nitrogens is 1. The van der Waals surface area contributed by atoms with Crippen LogP contribution in [-0.2, 0) is 6.54 Å². The van der Waals surface area contributed by atoms with Crippen LogP contribution in [0.5, 0.6) is 5.75 Å². The molecule has 0 fully saturated rings. The molecular weight excluding hydrogens is 433 g/mol. The van der Waals surface area contributed by atoms with E-state index in [9.17, 15) is 22.8 Å². The Balaban J connectivity index is 1.66. The lowest BCUT2D eigenvalue weighted by Gasteiger charge is -2.11. The molecule has 7 nitrogen and oxygen atoms in total. The summed E-state index contributed by atoms with van der Waals surface area (Å²) in [6.07, 6.45) is -3.27. The van der Waals surface area contributed by atoms with Gasteiger partial charge in [-0.05, 0) is 41.8 Å². The Hall–Kier alpha value is -3.60. The fourth-order valence-corrected chi connectivity index (χ4v) is 3.41. The van der Waals surface area contributed by atoms with Gasteiger partial charge >= 0.3 is 6.36 Å². The predicted octanol–water partition coefficient (Wildman–Crippen LogP) is 4.27. The highest BCUT2D eigenvalue weighted by Crippen LogP contribution is 2.27. The van der Waals surface area contributed by atoms with Crippen LogP contribution in [0.3, 0.4) is 0 Å². The van der Waals surface area contributed by atoms with Crippen LogP contribution in [0, 0.1) is 0 Å². The summed E-state index contributed by atoms with van der Waals surface area (Å²) in [5, 5.41) is 9.99. The second-order valence-electron chi connectivity index (χ2n) is 6.13. The molecule has 0 radical (unpaired) electrons. The standard InChI is InChI=1S/C20H17F3N4O3S/c1-24-18(28)16-12(3-2-9-25-16)11-26-15-8-10-31-17(15)19(29)27-13-4-6-14(7-5-13)30-20(21,22)23/h2-10,26H,11H2,1H3,(H,24,28)(H,27,29). The Morgan fingerprint density at radius 2 is 1.84 bits per heavy atom. The van der Waals surface area contributed by atoms with Crippen molar-refractivity contribution >= 4 is 34.5 Å². The van der Waals surface area contributed by atoms with Gasteiger partial charge < -0.3 is 20.7 Å². The number of nitrogens with zero attached hydrogens (tertiary/aromatic N) is 1. The molecule has 0 bridgehead atoms. The van der Waals surface area contributed by atoms with Crippen LogP contribution >= 0.6 is 11.3 Å². The SMILES string of the molecule is CNC(=O)c1ncccc1CNc1ccsc1C(=O)Nc1ccc(OC(F)(F)F)cc1. The van der Waals surface area contributed by atoms with Crippen molar-refractivity contribution in [1.29, 1.82) is 0 Å². The Morgan fingerprint density at radius 3 is 2.52 bits per heavy atom. The molecule has 162 valence electrons. The van der Waals surface area contributed by atoms with E-state index in [1.165, 1.54) is 36.7 Å². The third kappa shape index (κ3) is 5.95. The molecule has 2 aromatic heterocycles. The Labute approximate surface area is 179 Å². The minimum absolute atomic E-state index is 0.261. The zero-order valence-electron chi connectivity index (χ0n) is 16.1. The molecule has 3 rings (SSSR count). The van der Waals surface area contributed by atoms with E-state index < -0.39 is 12.3 Å². The molecule has 1 aromatic carbocycles. The summed E-state index contributed by atoms with van der Waals surface area (Å²) in [4.78, 5) is 29.0. The molecule has 0 unspecified atom stereocenters. The first-order valence-corrected chi connectivity index (χ1v) is 9.79. The first-order valence-electron chi connectivity index (χ1n) is 8.91. The van der Waals surface area contributed by atoms with Crippen molar-refractivity contribution in [2.45, 2.75) is 12.9 Å². The number of ether oxygens (including phenoxy) is 1. The van der Waals surface area contributed by atoms with E-state index in [-0.39, 0.29) is 23.9 Å². The molecule has 0 aliphatic carbocycles. The van der Waals surface area contributed by atoms with Gasteiger partial charge in [-0.3, -0.25) is 14.6 Å². The predicted molar refractivity (Wildman–Crippen MR) is 110 cm³/mol. The molecule has 0 aliphatic heterocycles. The second-order valence-corrected chi connectivity index (χ2v) is 7.05. The lowest BCUT2D eigenvalue weighted by molar-refractivity contribution is -0.274. The number of hydrogen-bond donors (Lipinski definition) is 3. The van der Waals surface area contributed by atoms with Crippen LogP contribution in [-0.4, -0.2) is 30.2 Å². The number of alkyl halides is 3. The van der Waals surface area contributed by atoms with E-state index in [1.54, 1.807) is 23.6 Å². The first-order chi connectivity index (χ1) is 14.8. The second kappa shape index (κ2) is 9.47. The number of rotatable bonds is 7. The zero-order chi connectivity index (χ0) is 22.4. The van der Waals surface area contributed by atoms with E-state index in [2.05, 4.69) is 25.7 Å². The minimum atomic E-state index is -4.78. The van der Waals surface area contributed by atoms with Gasteiger partial charge in [0.05, 0.1) is 5.69 Å². The highest BCUT2D eigenvalue weighted by atomic mass is 32.1. The van der Waals surface area contributed by atoms with E-state index in [0.717, 1.165) is 12.1 Å². The smallest absolute Gasteiger partial charge is 0.406 e. The summed E-state index contributed by atoms with van der Waals surface area (Å²) in [5.74, 6) is -1.13. The molecule has 2 amide bonds.